The van der Waals surface area contributed by atoms with Crippen molar-refractivity contribution < 1.29 is 5.11 Å². The molecule has 0 aromatic heterocycles. The van der Waals surface area contributed by atoms with Gasteiger partial charge in [0, 0.05) is 24.2 Å². The lowest BCUT2D eigenvalue weighted by Crippen LogP contribution is -2.41. The first kappa shape index (κ1) is 16.0. The van der Waals surface area contributed by atoms with E-state index >= 15 is 0 Å². The summed E-state index contributed by atoms with van der Waals surface area (Å²) in [6.07, 6.45) is 0. The topological polar surface area (TPSA) is 26.7 Å². The third-order valence-electron chi connectivity index (χ3n) is 3.69. The molecule has 2 unspecified atom stereocenters. The third kappa shape index (κ3) is 4.22. The van der Waals surface area contributed by atoms with Crippen molar-refractivity contribution in [3.8, 4) is 5.75 Å². The summed E-state index contributed by atoms with van der Waals surface area (Å²) < 4.78 is 0. The number of benzene rings is 1. The van der Waals surface area contributed by atoms with Crippen molar-refractivity contribution in [3.05, 3.63) is 29.3 Å². The second-order valence-electron chi connectivity index (χ2n) is 5.68. The van der Waals surface area contributed by atoms with E-state index in [9.17, 15) is 5.11 Å². The Hall–Kier alpha value is -1.06. The molecular weight excluding hydrogens is 236 g/mol. The standard InChI is InChI=1S/C16H28N2O/c1-7-18(13(3)11-17(5)6)14(4)15-9-8-12(2)10-16(15)19/h8-10,13-14,19H,7,11H2,1-6H3. The smallest absolute Gasteiger partial charge is 0.120 e. The van der Waals surface area contributed by atoms with E-state index in [0.29, 0.717) is 11.8 Å². The molecule has 0 amide bonds. The van der Waals surface area contributed by atoms with Crippen molar-refractivity contribution in [1.82, 2.24) is 9.80 Å². The van der Waals surface area contributed by atoms with Crippen LogP contribution in [-0.4, -0.2) is 48.1 Å². The predicted octanol–water partition coefficient (Wildman–Crippen LogP) is 3.03. The minimum absolute atomic E-state index is 0.223. The van der Waals surface area contributed by atoms with Gasteiger partial charge in [-0.15, -0.1) is 0 Å². The summed E-state index contributed by atoms with van der Waals surface area (Å²) in [5, 5.41) is 10.1. The average molecular weight is 264 g/mol. The lowest BCUT2D eigenvalue weighted by molar-refractivity contribution is 0.135. The van der Waals surface area contributed by atoms with Crippen molar-refractivity contribution in [1.29, 1.82) is 0 Å². The van der Waals surface area contributed by atoms with Crippen molar-refractivity contribution in [3.63, 3.8) is 0 Å². The Kier molecular flexibility index (Phi) is 5.83. The molecule has 1 N–H and O–H groups in total. The summed E-state index contributed by atoms with van der Waals surface area (Å²) in [4.78, 5) is 4.62. The number of hydrogen-bond acceptors (Lipinski definition) is 3. The zero-order chi connectivity index (χ0) is 14.6. The molecule has 108 valence electrons. The largest absolute Gasteiger partial charge is 0.508 e. The molecule has 0 spiro atoms. The first-order chi connectivity index (χ1) is 8.86. The third-order valence-corrected chi connectivity index (χ3v) is 3.69. The zero-order valence-electron chi connectivity index (χ0n) is 13.1. The highest BCUT2D eigenvalue weighted by molar-refractivity contribution is 5.37. The van der Waals surface area contributed by atoms with Gasteiger partial charge in [0.05, 0.1) is 0 Å². The summed E-state index contributed by atoms with van der Waals surface area (Å²) in [6, 6.07) is 6.63. The van der Waals surface area contributed by atoms with Gasteiger partial charge in [-0.1, -0.05) is 19.1 Å². The lowest BCUT2D eigenvalue weighted by atomic mass is 10.0. The zero-order valence-corrected chi connectivity index (χ0v) is 13.1. The minimum Gasteiger partial charge on any atom is -0.508 e. The number of phenols is 1. The number of aryl methyl sites for hydroxylation is 1. The van der Waals surface area contributed by atoms with Crippen LogP contribution in [0.2, 0.25) is 0 Å². The van der Waals surface area contributed by atoms with Gasteiger partial charge in [0.2, 0.25) is 0 Å². The molecule has 0 heterocycles. The van der Waals surface area contributed by atoms with Gasteiger partial charge >= 0.3 is 0 Å². The fraction of sp³-hybridized carbons (Fsp3) is 0.625. The van der Waals surface area contributed by atoms with Crippen LogP contribution in [0.15, 0.2) is 18.2 Å². The Morgan fingerprint density at radius 2 is 1.84 bits per heavy atom. The molecule has 0 fully saturated rings. The summed E-state index contributed by atoms with van der Waals surface area (Å²) in [6.45, 7) is 10.6. The van der Waals surface area contributed by atoms with E-state index < -0.39 is 0 Å². The molecule has 1 aromatic carbocycles. The number of nitrogens with zero attached hydrogens (tertiary/aromatic N) is 2. The molecule has 0 radical (unpaired) electrons. The summed E-state index contributed by atoms with van der Waals surface area (Å²) in [5.74, 6) is 0.406. The van der Waals surface area contributed by atoms with Crippen LogP contribution >= 0.6 is 0 Å². The first-order valence-electron chi connectivity index (χ1n) is 7.06. The van der Waals surface area contributed by atoms with Gasteiger partial charge in [-0.3, -0.25) is 4.90 Å². The van der Waals surface area contributed by atoms with Crippen LogP contribution in [0.1, 0.15) is 37.9 Å². The fourth-order valence-corrected chi connectivity index (χ4v) is 2.79. The van der Waals surface area contributed by atoms with E-state index in [1.165, 1.54) is 0 Å². The van der Waals surface area contributed by atoms with E-state index in [2.05, 4.69) is 50.7 Å². The highest BCUT2D eigenvalue weighted by Gasteiger charge is 2.22. The number of aromatic hydroxyl groups is 1. The van der Waals surface area contributed by atoms with Crippen LogP contribution < -0.4 is 0 Å². The molecule has 0 aliphatic heterocycles. The summed E-state index contributed by atoms with van der Waals surface area (Å²) in [5.41, 5.74) is 2.11. The molecular formula is C16H28N2O. The fourth-order valence-electron chi connectivity index (χ4n) is 2.79. The molecule has 19 heavy (non-hydrogen) atoms. The monoisotopic (exact) mass is 264 g/mol. The molecule has 0 saturated heterocycles. The Morgan fingerprint density at radius 3 is 2.32 bits per heavy atom. The molecule has 1 rings (SSSR count). The van der Waals surface area contributed by atoms with Gasteiger partial charge < -0.3 is 10.0 Å². The molecule has 0 bridgehead atoms. The van der Waals surface area contributed by atoms with Crippen LogP contribution in [0.3, 0.4) is 0 Å². The Morgan fingerprint density at radius 1 is 1.21 bits per heavy atom. The quantitative estimate of drug-likeness (QED) is 0.855. The highest BCUT2D eigenvalue weighted by atomic mass is 16.3. The first-order valence-corrected chi connectivity index (χ1v) is 7.06. The highest BCUT2D eigenvalue weighted by Crippen LogP contribution is 2.30. The predicted molar refractivity (Wildman–Crippen MR) is 81.7 cm³/mol. The van der Waals surface area contributed by atoms with Crippen molar-refractivity contribution >= 4 is 0 Å². The molecule has 3 heteroatoms. The van der Waals surface area contributed by atoms with E-state index in [-0.39, 0.29) is 6.04 Å². The van der Waals surface area contributed by atoms with E-state index in [1.807, 2.05) is 19.1 Å². The van der Waals surface area contributed by atoms with Crippen LogP contribution in [0, 0.1) is 6.92 Å². The van der Waals surface area contributed by atoms with Gasteiger partial charge in [-0.05, 0) is 53.0 Å². The van der Waals surface area contributed by atoms with Gasteiger partial charge in [0.1, 0.15) is 5.75 Å². The molecule has 1 aromatic rings. The molecule has 0 aliphatic carbocycles. The van der Waals surface area contributed by atoms with Crippen molar-refractivity contribution in [2.75, 3.05) is 27.2 Å². The van der Waals surface area contributed by atoms with Crippen LogP contribution in [0.4, 0.5) is 0 Å². The number of rotatable bonds is 6. The number of likely N-dealkylation sites (N-methyl/N-ethyl adjacent to an activating group) is 2. The maximum Gasteiger partial charge on any atom is 0.120 e. The summed E-state index contributed by atoms with van der Waals surface area (Å²) >= 11 is 0. The van der Waals surface area contributed by atoms with Gasteiger partial charge in [0.15, 0.2) is 0 Å². The SMILES string of the molecule is CCN(C(C)CN(C)C)C(C)c1ccc(C)cc1O. The van der Waals surface area contributed by atoms with Crippen molar-refractivity contribution in [2.24, 2.45) is 0 Å². The molecule has 0 aliphatic rings. The molecule has 0 saturated carbocycles. The Balaban J connectivity index is 2.91. The minimum atomic E-state index is 0.223. The van der Waals surface area contributed by atoms with Crippen LogP contribution in [0.5, 0.6) is 5.75 Å². The van der Waals surface area contributed by atoms with Gasteiger partial charge in [-0.2, -0.15) is 0 Å². The van der Waals surface area contributed by atoms with E-state index in [1.54, 1.807) is 0 Å². The Labute approximate surface area is 117 Å². The van der Waals surface area contributed by atoms with E-state index in [0.717, 1.165) is 24.2 Å². The van der Waals surface area contributed by atoms with Crippen molar-refractivity contribution in [2.45, 2.75) is 39.8 Å². The second-order valence-corrected chi connectivity index (χ2v) is 5.68. The maximum atomic E-state index is 10.1. The molecule has 2 atom stereocenters. The van der Waals surface area contributed by atoms with Gasteiger partial charge in [-0.25, -0.2) is 0 Å². The average Bonchev–Trinajstić information content (AvgIpc) is 2.28. The van der Waals surface area contributed by atoms with Gasteiger partial charge in [0.25, 0.3) is 0 Å². The Bertz CT molecular complexity index is 404. The van der Waals surface area contributed by atoms with Crippen LogP contribution in [0.25, 0.3) is 0 Å². The number of hydrogen-bond donors (Lipinski definition) is 1. The molecule has 3 nitrogen and oxygen atoms in total. The lowest BCUT2D eigenvalue weighted by Gasteiger charge is -2.35. The van der Waals surface area contributed by atoms with Crippen LogP contribution in [-0.2, 0) is 0 Å². The second kappa shape index (κ2) is 6.92. The normalized spacial score (nSPS) is 14.9. The number of phenolic OH excluding ortho intramolecular Hbond substituents is 1. The maximum absolute atomic E-state index is 10.1. The summed E-state index contributed by atoms with van der Waals surface area (Å²) in [7, 11) is 4.19. The van der Waals surface area contributed by atoms with E-state index in [4.69, 9.17) is 0 Å².